The second-order valence-corrected chi connectivity index (χ2v) is 6.00. The van der Waals surface area contributed by atoms with Gasteiger partial charge < -0.3 is 10.6 Å². The third-order valence-electron chi connectivity index (χ3n) is 4.14. The number of nitrogens with zero attached hydrogens (tertiary/aromatic N) is 1. The summed E-state index contributed by atoms with van der Waals surface area (Å²) >= 11 is 0. The van der Waals surface area contributed by atoms with Crippen LogP contribution in [0.3, 0.4) is 0 Å². The van der Waals surface area contributed by atoms with Gasteiger partial charge in [-0.05, 0) is 57.6 Å². The van der Waals surface area contributed by atoms with Crippen LogP contribution in [0.5, 0.6) is 0 Å². The lowest BCUT2D eigenvalue weighted by atomic mass is 9.97. The van der Waals surface area contributed by atoms with E-state index in [2.05, 4.69) is 35.5 Å². The summed E-state index contributed by atoms with van der Waals surface area (Å²) in [5.41, 5.74) is 2.91. The Kier molecular flexibility index (Phi) is 6.44. The van der Waals surface area contributed by atoms with Crippen molar-refractivity contribution in [2.45, 2.75) is 58.4 Å². The van der Waals surface area contributed by atoms with Gasteiger partial charge in [0.25, 0.3) is 5.91 Å². The normalized spacial score (nSPS) is 15.8. The zero-order chi connectivity index (χ0) is 15.8. The largest absolute Gasteiger partial charge is 0.381 e. The minimum absolute atomic E-state index is 0.0912. The van der Waals surface area contributed by atoms with Crippen LogP contribution in [0.25, 0.3) is 0 Å². The number of rotatable bonds is 7. The average Bonchev–Trinajstić information content (AvgIpc) is 2.56. The molecule has 0 saturated carbocycles. The van der Waals surface area contributed by atoms with Crippen molar-refractivity contribution in [3.05, 3.63) is 35.7 Å². The monoisotopic (exact) mass is 301 g/mol. The fourth-order valence-electron chi connectivity index (χ4n) is 2.56. The summed E-state index contributed by atoms with van der Waals surface area (Å²) in [6, 6.07) is 4.10. The summed E-state index contributed by atoms with van der Waals surface area (Å²) in [6.45, 7) is 4.95. The molecule has 2 rings (SSSR count). The van der Waals surface area contributed by atoms with Crippen molar-refractivity contribution >= 4 is 11.6 Å². The first kappa shape index (κ1) is 16.5. The van der Waals surface area contributed by atoms with E-state index in [1.54, 1.807) is 12.3 Å². The van der Waals surface area contributed by atoms with Crippen molar-refractivity contribution in [1.29, 1.82) is 0 Å². The predicted molar refractivity (Wildman–Crippen MR) is 91.1 cm³/mol. The predicted octanol–water partition coefficient (Wildman–Crippen LogP) is 3.91. The molecule has 1 heterocycles. The third kappa shape index (κ3) is 5.17. The molecule has 1 amide bonds. The average molecular weight is 301 g/mol. The number of carbonyl (C=O) groups is 1. The van der Waals surface area contributed by atoms with Gasteiger partial charge in [0.05, 0.1) is 11.9 Å². The number of hydrogen-bond acceptors (Lipinski definition) is 3. The molecule has 1 aromatic heterocycles. The summed E-state index contributed by atoms with van der Waals surface area (Å²) in [7, 11) is 0. The lowest BCUT2D eigenvalue weighted by Crippen LogP contribution is -2.25. The summed E-state index contributed by atoms with van der Waals surface area (Å²) in [5, 5.41) is 6.30. The van der Waals surface area contributed by atoms with Gasteiger partial charge >= 0.3 is 0 Å². The summed E-state index contributed by atoms with van der Waals surface area (Å²) in [5.74, 6) is -0.0912. The summed E-state index contributed by atoms with van der Waals surface area (Å²) in [4.78, 5) is 16.3. The van der Waals surface area contributed by atoms with E-state index in [1.165, 1.54) is 31.3 Å². The number of aromatic nitrogens is 1. The van der Waals surface area contributed by atoms with Crippen molar-refractivity contribution in [2.24, 2.45) is 0 Å². The third-order valence-corrected chi connectivity index (χ3v) is 4.14. The highest BCUT2D eigenvalue weighted by Crippen LogP contribution is 2.19. The van der Waals surface area contributed by atoms with E-state index in [1.807, 2.05) is 6.07 Å². The Morgan fingerprint density at radius 1 is 1.36 bits per heavy atom. The highest BCUT2D eigenvalue weighted by Gasteiger charge is 2.08. The molecule has 4 nitrogen and oxygen atoms in total. The first-order valence-electron chi connectivity index (χ1n) is 8.37. The van der Waals surface area contributed by atoms with Gasteiger partial charge in [0.15, 0.2) is 0 Å². The summed E-state index contributed by atoms with van der Waals surface area (Å²) in [6.07, 6.45) is 11.0. The molecular weight excluding hydrogens is 274 g/mol. The highest BCUT2D eigenvalue weighted by molar-refractivity contribution is 5.92. The molecule has 2 N–H and O–H groups in total. The minimum Gasteiger partial charge on any atom is -0.381 e. The minimum atomic E-state index is -0.0912. The molecule has 0 fully saturated rings. The number of nitrogens with one attached hydrogen (secondary N) is 2. The van der Waals surface area contributed by atoms with E-state index in [0.29, 0.717) is 18.3 Å². The van der Waals surface area contributed by atoms with Crippen LogP contribution in [0.1, 0.15) is 62.9 Å². The Morgan fingerprint density at radius 2 is 2.23 bits per heavy atom. The molecule has 4 heteroatoms. The second-order valence-electron chi connectivity index (χ2n) is 6.00. The van der Waals surface area contributed by atoms with E-state index in [0.717, 1.165) is 18.5 Å². The maximum absolute atomic E-state index is 12.1. The molecule has 0 radical (unpaired) electrons. The standard InChI is InChI=1S/C18H27N3O/c1-3-14(2)21-16-9-10-17(20-13-16)18(22)19-12-11-15-7-5-4-6-8-15/h7,9-10,13-14,21H,3-6,8,11-12H2,1-2H3,(H,19,22). The molecule has 1 aromatic rings. The molecule has 0 saturated heterocycles. The van der Waals surface area contributed by atoms with Gasteiger partial charge in [-0.15, -0.1) is 0 Å². The molecule has 0 spiro atoms. The lowest BCUT2D eigenvalue weighted by Gasteiger charge is -2.13. The Hall–Kier alpha value is -1.84. The van der Waals surface area contributed by atoms with Crippen LogP contribution in [-0.4, -0.2) is 23.5 Å². The fourth-order valence-corrected chi connectivity index (χ4v) is 2.56. The molecular formula is C18H27N3O. The number of carbonyl (C=O) groups excluding carboxylic acids is 1. The fraction of sp³-hybridized carbons (Fsp3) is 0.556. The van der Waals surface area contributed by atoms with Crippen molar-refractivity contribution in [2.75, 3.05) is 11.9 Å². The lowest BCUT2D eigenvalue weighted by molar-refractivity contribution is 0.0949. The van der Waals surface area contributed by atoms with E-state index in [9.17, 15) is 4.79 Å². The Bertz CT molecular complexity index is 508. The molecule has 22 heavy (non-hydrogen) atoms. The van der Waals surface area contributed by atoms with E-state index in [-0.39, 0.29) is 5.91 Å². The van der Waals surface area contributed by atoms with Crippen molar-refractivity contribution in [3.8, 4) is 0 Å². The maximum atomic E-state index is 12.1. The van der Waals surface area contributed by atoms with E-state index >= 15 is 0 Å². The number of anilines is 1. The van der Waals surface area contributed by atoms with Gasteiger partial charge in [0.1, 0.15) is 5.69 Å². The zero-order valence-corrected chi connectivity index (χ0v) is 13.7. The smallest absolute Gasteiger partial charge is 0.269 e. The molecule has 1 aliphatic carbocycles. The zero-order valence-electron chi connectivity index (χ0n) is 13.7. The Balaban J connectivity index is 1.78. The molecule has 0 aromatic carbocycles. The van der Waals surface area contributed by atoms with Gasteiger partial charge in [0, 0.05) is 12.6 Å². The highest BCUT2D eigenvalue weighted by atomic mass is 16.1. The number of amides is 1. The molecule has 1 atom stereocenters. The van der Waals surface area contributed by atoms with Crippen LogP contribution in [0.2, 0.25) is 0 Å². The number of allylic oxidation sites excluding steroid dienone is 1. The van der Waals surface area contributed by atoms with Crippen LogP contribution in [0, 0.1) is 0 Å². The van der Waals surface area contributed by atoms with Crippen LogP contribution in [0.4, 0.5) is 5.69 Å². The first-order valence-corrected chi connectivity index (χ1v) is 8.37. The first-order chi connectivity index (χ1) is 10.7. The van der Waals surface area contributed by atoms with E-state index in [4.69, 9.17) is 0 Å². The topological polar surface area (TPSA) is 54.0 Å². The molecule has 1 unspecified atom stereocenters. The summed E-state index contributed by atoms with van der Waals surface area (Å²) < 4.78 is 0. The van der Waals surface area contributed by atoms with Gasteiger partial charge in [-0.2, -0.15) is 0 Å². The van der Waals surface area contributed by atoms with Crippen LogP contribution >= 0.6 is 0 Å². The molecule has 120 valence electrons. The van der Waals surface area contributed by atoms with Crippen LogP contribution in [0.15, 0.2) is 30.0 Å². The van der Waals surface area contributed by atoms with Crippen molar-refractivity contribution in [1.82, 2.24) is 10.3 Å². The SMILES string of the molecule is CCC(C)Nc1ccc(C(=O)NCCC2=CCCCC2)nc1. The van der Waals surface area contributed by atoms with Crippen molar-refractivity contribution < 1.29 is 4.79 Å². The van der Waals surface area contributed by atoms with Crippen molar-refractivity contribution in [3.63, 3.8) is 0 Å². The number of hydrogen-bond donors (Lipinski definition) is 2. The second kappa shape index (κ2) is 8.57. The Labute approximate surface area is 133 Å². The van der Waals surface area contributed by atoms with Crippen LogP contribution < -0.4 is 10.6 Å². The maximum Gasteiger partial charge on any atom is 0.269 e. The van der Waals surface area contributed by atoms with Gasteiger partial charge in [-0.25, -0.2) is 4.98 Å². The van der Waals surface area contributed by atoms with Crippen LogP contribution in [-0.2, 0) is 0 Å². The quantitative estimate of drug-likeness (QED) is 0.751. The molecule has 1 aliphatic rings. The van der Waals surface area contributed by atoms with Gasteiger partial charge in [-0.1, -0.05) is 18.6 Å². The van der Waals surface area contributed by atoms with Gasteiger partial charge in [-0.3, -0.25) is 4.79 Å². The Morgan fingerprint density at radius 3 is 2.86 bits per heavy atom. The van der Waals surface area contributed by atoms with Gasteiger partial charge in [0.2, 0.25) is 0 Å². The molecule has 0 aliphatic heterocycles. The number of pyridine rings is 1. The van der Waals surface area contributed by atoms with E-state index < -0.39 is 0 Å². The molecule has 0 bridgehead atoms.